The maximum Gasteiger partial charge on any atom is 0.301 e. The summed E-state index contributed by atoms with van der Waals surface area (Å²) < 4.78 is 15.2. The number of hydrogen-bond acceptors (Lipinski definition) is 9. The third-order valence-electron chi connectivity index (χ3n) is 5.89. The summed E-state index contributed by atoms with van der Waals surface area (Å²) in [5.74, 6) is -2.35. The van der Waals surface area contributed by atoms with Crippen molar-refractivity contribution >= 4 is 67.3 Å². The van der Waals surface area contributed by atoms with Crippen LogP contribution in [0, 0.1) is 15.9 Å². The van der Waals surface area contributed by atoms with Crippen molar-refractivity contribution in [3.05, 3.63) is 115 Å². The van der Waals surface area contributed by atoms with Crippen molar-refractivity contribution < 1.29 is 24.0 Å². The molecule has 39 heavy (non-hydrogen) atoms. The van der Waals surface area contributed by atoms with Crippen LogP contribution in [0.3, 0.4) is 0 Å². The van der Waals surface area contributed by atoms with Crippen molar-refractivity contribution in [3.8, 4) is 0 Å². The summed E-state index contributed by atoms with van der Waals surface area (Å²) in [6, 6.07) is 17.1. The van der Waals surface area contributed by atoms with Gasteiger partial charge in [-0.1, -0.05) is 69.4 Å². The van der Waals surface area contributed by atoms with Gasteiger partial charge >= 0.3 is 5.91 Å². The highest BCUT2D eigenvalue weighted by atomic mass is 79.9. The molecular weight excluding hydrogens is 611 g/mol. The van der Waals surface area contributed by atoms with E-state index in [0.29, 0.717) is 21.0 Å². The minimum atomic E-state index is -1.12. The number of hydrogen-bond donors (Lipinski definition) is 1. The molecule has 1 fully saturated rings. The summed E-state index contributed by atoms with van der Waals surface area (Å²) >= 11 is 5.57. The van der Waals surface area contributed by atoms with Gasteiger partial charge in [0.25, 0.3) is 11.5 Å². The van der Waals surface area contributed by atoms with E-state index in [0.717, 1.165) is 20.7 Å². The number of carbonyl (C=O) groups is 2. The minimum absolute atomic E-state index is 0.0892. The number of aromatic nitrogens is 2. The van der Waals surface area contributed by atoms with Gasteiger partial charge in [0, 0.05) is 27.9 Å². The van der Waals surface area contributed by atoms with Gasteiger partial charge in [0.15, 0.2) is 4.34 Å². The number of aliphatic hydroxyl groups excluding tert-OH is 1. The predicted molar refractivity (Wildman–Crippen MR) is 148 cm³/mol. The molecule has 196 valence electrons. The number of rotatable bonds is 7. The number of benzene rings is 3. The monoisotopic (exact) mass is 626 g/mol. The molecule has 1 aliphatic heterocycles. The molecule has 4 aromatic rings. The number of Topliss-reactive ketones (excluding diaryl/α,β-unsaturated/α-hetero) is 1. The molecule has 5 rings (SSSR count). The number of carbonyl (C=O) groups excluding carboxylic acids is 2. The molecular formula is C26H16BrFN4O5S2. The second-order valence-corrected chi connectivity index (χ2v) is 11.3. The van der Waals surface area contributed by atoms with Crippen LogP contribution in [-0.2, 0) is 15.3 Å². The second kappa shape index (κ2) is 11.0. The Bertz CT molecular complexity index is 1630. The Morgan fingerprint density at radius 1 is 1.08 bits per heavy atom. The number of thioether (sulfide) groups is 1. The molecule has 0 spiro atoms. The third kappa shape index (κ3) is 5.33. The van der Waals surface area contributed by atoms with E-state index >= 15 is 0 Å². The molecule has 1 saturated heterocycles. The van der Waals surface area contributed by atoms with Crippen LogP contribution in [0.4, 0.5) is 15.2 Å². The van der Waals surface area contributed by atoms with Crippen LogP contribution in [0.1, 0.15) is 22.7 Å². The largest absolute Gasteiger partial charge is 0.507 e. The van der Waals surface area contributed by atoms with Gasteiger partial charge in [-0.15, -0.1) is 10.2 Å². The van der Waals surface area contributed by atoms with E-state index in [1.807, 2.05) is 0 Å². The summed E-state index contributed by atoms with van der Waals surface area (Å²) in [7, 11) is 0. The van der Waals surface area contributed by atoms with Gasteiger partial charge in [0.2, 0.25) is 5.13 Å². The SMILES string of the molecule is O=C1C(=O)N(c2nnc(SCc3ccccc3F)s2)C(c2ccc([N+](=O)[O-])cc2)/C1=C(/O)c1ccc(Br)cc1. The number of anilines is 1. The van der Waals surface area contributed by atoms with Crippen LogP contribution in [0.25, 0.3) is 5.76 Å². The highest BCUT2D eigenvalue weighted by Crippen LogP contribution is 2.44. The maximum atomic E-state index is 14.0. The molecule has 1 aliphatic rings. The van der Waals surface area contributed by atoms with Crippen molar-refractivity contribution in [1.29, 1.82) is 0 Å². The van der Waals surface area contributed by atoms with E-state index in [4.69, 9.17) is 0 Å². The van der Waals surface area contributed by atoms with Crippen molar-refractivity contribution in [2.75, 3.05) is 4.90 Å². The first-order valence-electron chi connectivity index (χ1n) is 11.3. The van der Waals surface area contributed by atoms with Gasteiger partial charge < -0.3 is 5.11 Å². The van der Waals surface area contributed by atoms with Gasteiger partial charge in [-0.3, -0.25) is 24.6 Å². The number of nitro groups is 1. The molecule has 13 heteroatoms. The quantitative estimate of drug-likeness (QED) is 0.0484. The predicted octanol–water partition coefficient (Wildman–Crippen LogP) is 6.27. The molecule has 1 aromatic heterocycles. The van der Waals surface area contributed by atoms with E-state index in [2.05, 4.69) is 26.1 Å². The Morgan fingerprint density at radius 3 is 2.44 bits per heavy atom. The fraction of sp³-hybridized carbons (Fsp3) is 0.0769. The Morgan fingerprint density at radius 2 is 1.77 bits per heavy atom. The van der Waals surface area contributed by atoms with E-state index in [1.165, 1.54) is 42.1 Å². The van der Waals surface area contributed by atoms with E-state index in [9.17, 15) is 29.2 Å². The lowest BCUT2D eigenvalue weighted by Crippen LogP contribution is -2.29. The smallest absolute Gasteiger partial charge is 0.301 e. The number of halogens is 2. The van der Waals surface area contributed by atoms with E-state index in [1.54, 1.807) is 42.5 Å². The van der Waals surface area contributed by atoms with Crippen LogP contribution < -0.4 is 4.90 Å². The summed E-state index contributed by atoms with van der Waals surface area (Å²) in [6.45, 7) is 0. The highest BCUT2D eigenvalue weighted by molar-refractivity contribution is 9.10. The summed E-state index contributed by atoms with van der Waals surface area (Å²) in [6.07, 6.45) is 0. The average molecular weight is 627 g/mol. The van der Waals surface area contributed by atoms with E-state index < -0.39 is 28.4 Å². The molecule has 2 heterocycles. The standard InChI is InChI=1S/C26H16BrFN4O5S2/c27-17-9-5-15(6-10-17)22(33)20-21(14-7-11-18(12-8-14)32(36)37)31(24(35)23(20)34)25-29-30-26(39-25)38-13-16-3-1-2-4-19(16)28/h1-12,21,33H,13H2/b22-20-. The zero-order valence-corrected chi connectivity index (χ0v) is 22.9. The summed E-state index contributed by atoms with van der Waals surface area (Å²) in [4.78, 5) is 38.3. The number of non-ortho nitro benzene ring substituents is 1. The lowest BCUT2D eigenvalue weighted by Gasteiger charge is -2.22. The number of ketones is 1. The Labute approximate surface area is 237 Å². The Balaban J connectivity index is 1.55. The zero-order valence-electron chi connectivity index (χ0n) is 19.7. The fourth-order valence-electron chi connectivity index (χ4n) is 4.00. The van der Waals surface area contributed by atoms with Crippen molar-refractivity contribution in [2.24, 2.45) is 0 Å². The Kier molecular flexibility index (Phi) is 7.55. The van der Waals surface area contributed by atoms with Crippen molar-refractivity contribution in [1.82, 2.24) is 10.2 Å². The molecule has 0 bridgehead atoms. The van der Waals surface area contributed by atoms with Gasteiger partial charge in [0.05, 0.1) is 16.5 Å². The molecule has 9 nitrogen and oxygen atoms in total. The number of aliphatic hydroxyl groups is 1. The molecule has 1 amide bonds. The second-order valence-electron chi connectivity index (χ2n) is 8.26. The molecule has 3 aromatic carbocycles. The molecule has 1 N–H and O–H groups in total. The number of nitro benzene ring substituents is 1. The van der Waals surface area contributed by atoms with Crippen LogP contribution in [-0.4, -0.2) is 31.9 Å². The van der Waals surface area contributed by atoms with Crippen molar-refractivity contribution in [2.45, 2.75) is 16.1 Å². The third-order valence-corrected chi connectivity index (χ3v) is 8.53. The molecule has 0 saturated carbocycles. The first kappa shape index (κ1) is 26.7. The van der Waals surface area contributed by atoms with Gasteiger partial charge in [0.1, 0.15) is 11.6 Å². The normalized spacial score (nSPS) is 16.6. The van der Waals surface area contributed by atoms with Gasteiger partial charge in [-0.2, -0.15) is 0 Å². The van der Waals surface area contributed by atoms with Crippen LogP contribution in [0.15, 0.2) is 87.2 Å². The average Bonchev–Trinajstić information content (AvgIpc) is 3.50. The van der Waals surface area contributed by atoms with Crippen LogP contribution in [0.2, 0.25) is 0 Å². The molecule has 0 aliphatic carbocycles. The lowest BCUT2D eigenvalue weighted by atomic mass is 9.95. The molecule has 0 radical (unpaired) electrons. The summed E-state index contributed by atoms with van der Waals surface area (Å²) in [5, 5.41) is 30.6. The van der Waals surface area contributed by atoms with Crippen LogP contribution >= 0.6 is 39.0 Å². The van der Waals surface area contributed by atoms with Gasteiger partial charge in [-0.25, -0.2) is 4.39 Å². The first-order valence-corrected chi connectivity index (χ1v) is 13.8. The first-order chi connectivity index (χ1) is 18.7. The minimum Gasteiger partial charge on any atom is -0.507 e. The molecule has 1 unspecified atom stereocenters. The number of nitrogens with zero attached hydrogens (tertiary/aromatic N) is 4. The van der Waals surface area contributed by atoms with Gasteiger partial charge in [-0.05, 0) is 41.5 Å². The zero-order chi connectivity index (χ0) is 27.7. The lowest BCUT2D eigenvalue weighted by molar-refractivity contribution is -0.384. The summed E-state index contributed by atoms with van der Waals surface area (Å²) in [5.41, 5.74) is 0.772. The molecule has 1 atom stereocenters. The van der Waals surface area contributed by atoms with E-state index in [-0.39, 0.29) is 28.0 Å². The van der Waals surface area contributed by atoms with Crippen LogP contribution in [0.5, 0.6) is 0 Å². The highest BCUT2D eigenvalue weighted by Gasteiger charge is 2.48. The maximum absolute atomic E-state index is 14.0. The Hall–Kier alpha value is -3.94. The topological polar surface area (TPSA) is 127 Å². The van der Waals surface area contributed by atoms with Crippen molar-refractivity contribution in [3.63, 3.8) is 0 Å². The fourth-order valence-corrected chi connectivity index (χ4v) is 6.12. The number of amides is 1.